The lowest BCUT2D eigenvalue weighted by Crippen LogP contribution is -1.98. The Labute approximate surface area is 127 Å². The van der Waals surface area contributed by atoms with Crippen LogP contribution in [0, 0.1) is 18.3 Å². The maximum Gasteiger partial charge on any atom is 0.223 e. The number of aromatic nitrogens is 2. The Kier molecular flexibility index (Phi) is 3.84. The quantitative estimate of drug-likeness (QED) is 0.735. The highest BCUT2D eigenvalue weighted by Crippen LogP contribution is 2.21. The van der Waals surface area contributed by atoms with Gasteiger partial charge < -0.3 is 9.26 Å². The molecule has 0 saturated heterocycles. The van der Waals surface area contributed by atoms with Crippen molar-refractivity contribution in [3.63, 3.8) is 0 Å². The highest BCUT2D eigenvalue weighted by atomic mass is 16.5. The van der Waals surface area contributed by atoms with Crippen molar-refractivity contribution in [2.45, 2.75) is 13.5 Å². The van der Waals surface area contributed by atoms with E-state index in [-0.39, 0.29) is 0 Å². The maximum absolute atomic E-state index is 9.05. The summed E-state index contributed by atoms with van der Waals surface area (Å²) in [6.45, 7) is 2.10. The molecule has 0 amide bonds. The monoisotopic (exact) mass is 291 g/mol. The molecule has 0 spiro atoms. The lowest BCUT2D eigenvalue weighted by molar-refractivity contribution is 0.306. The van der Waals surface area contributed by atoms with Crippen LogP contribution in [-0.2, 0) is 6.61 Å². The summed E-state index contributed by atoms with van der Waals surface area (Å²) < 4.78 is 10.7. The van der Waals surface area contributed by atoms with E-state index in [1.54, 1.807) is 13.0 Å². The predicted molar refractivity (Wildman–Crippen MR) is 80.0 cm³/mol. The Hall–Kier alpha value is -3.13. The van der Waals surface area contributed by atoms with Crippen molar-refractivity contribution in [2.75, 3.05) is 0 Å². The van der Waals surface area contributed by atoms with Crippen LogP contribution in [0.15, 0.2) is 53.1 Å². The molecule has 22 heavy (non-hydrogen) atoms. The van der Waals surface area contributed by atoms with Crippen molar-refractivity contribution in [1.29, 1.82) is 5.26 Å². The van der Waals surface area contributed by atoms with E-state index in [2.05, 4.69) is 16.2 Å². The molecular formula is C17H13N3O2. The zero-order valence-electron chi connectivity index (χ0n) is 12.0. The minimum Gasteiger partial charge on any atom is -0.489 e. The van der Waals surface area contributed by atoms with Gasteiger partial charge in [0.25, 0.3) is 0 Å². The van der Waals surface area contributed by atoms with Gasteiger partial charge in [-0.25, -0.2) is 0 Å². The van der Waals surface area contributed by atoms with E-state index in [0.29, 0.717) is 23.9 Å². The standard InChI is InChI=1S/C17H13N3O2/c1-12-19-17(20-22-12)13-6-8-16(9-7-13)21-11-15-5-3-2-4-14(15)10-18/h2-9H,11H2,1H3. The molecule has 0 N–H and O–H groups in total. The van der Waals surface area contributed by atoms with Crippen LogP contribution < -0.4 is 4.74 Å². The molecule has 3 aromatic rings. The Balaban J connectivity index is 1.70. The van der Waals surface area contributed by atoms with Gasteiger partial charge in [0.1, 0.15) is 12.4 Å². The second-order valence-corrected chi connectivity index (χ2v) is 4.72. The second-order valence-electron chi connectivity index (χ2n) is 4.72. The zero-order valence-corrected chi connectivity index (χ0v) is 12.0. The molecule has 1 aromatic heterocycles. The summed E-state index contributed by atoms with van der Waals surface area (Å²) in [5.74, 6) is 1.80. The van der Waals surface area contributed by atoms with Crippen molar-refractivity contribution < 1.29 is 9.26 Å². The topological polar surface area (TPSA) is 71.9 Å². The SMILES string of the molecule is Cc1nc(-c2ccc(OCc3ccccc3C#N)cc2)no1. The Morgan fingerprint density at radius 2 is 1.91 bits per heavy atom. The summed E-state index contributed by atoms with van der Waals surface area (Å²) in [6, 6.07) is 17.0. The number of ether oxygens (including phenoxy) is 1. The minimum atomic E-state index is 0.352. The van der Waals surface area contributed by atoms with Gasteiger partial charge in [0.15, 0.2) is 0 Å². The molecule has 3 rings (SSSR count). The average molecular weight is 291 g/mol. The van der Waals surface area contributed by atoms with Crippen molar-refractivity contribution in [3.05, 3.63) is 65.5 Å². The average Bonchev–Trinajstić information content (AvgIpc) is 3.00. The number of hydrogen-bond donors (Lipinski definition) is 0. The molecule has 5 heteroatoms. The van der Waals surface area contributed by atoms with E-state index in [1.165, 1.54) is 0 Å². The Morgan fingerprint density at radius 3 is 2.59 bits per heavy atom. The molecule has 0 radical (unpaired) electrons. The zero-order chi connectivity index (χ0) is 15.4. The normalized spacial score (nSPS) is 10.2. The van der Waals surface area contributed by atoms with Crippen LogP contribution in [0.5, 0.6) is 5.75 Å². The van der Waals surface area contributed by atoms with Gasteiger partial charge in [-0.15, -0.1) is 0 Å². The second kappa shape index (κ2) is 6.10. The molecule has 0 saturated carbocycles. The van der Waals surface area contributed by atoms with Gasteiger partial charge in [-0.05, 0) is 30.3 Å². The fourth-order valence-corrected chi connectivity index (χ4v) is 2.03. The van der Waals surface area contributed by atoms with Crippen LogP contribution >= 0.6 is 0 Å². The van der Waals surface area contributed by atoms with Gasteiger partial charge in [-0.1, -0.05) is 23.4 Å². The van der Waals surface area contributed by atoms with E-state index in [4.69, 9.17) is 14.5 Å². The van der Waals surface area contributed by atoms with E-state index < -0.39 is 0 Å². The van der Waals surface area contributed by atoms with Gasteiger partial charge in [-0.2, -0.15) is 10.2 Å². The molecule has 0 bridgehead atoms. The van der Waals surface area contributed by atoms with Crippen LogP contribution in [0.2, 0.25) is 0 Å². The van der Waals surface area contributed by atoms with Gasteiger partial charge in [0, 0.05) is 18.1 Å². The number of nitriles is 1. The molecule has 0 aliphatic carbocycles. The Bertz CT molecular complexity index is 816. The van der Waals surface area contributed by atoms with Gasteiger partial charge in [-0.3, -0.25) is 0 Å². The first kappa shape index (κ1) is 13.8. The molecule has 0 fully saturated rings. The van der Waals surface area contributed by atoms with Crippen molar-refractivity contribution in [1.82, 2.24) is 10.1 Å². The number of hydrogen-bond acceptors (Lipinski definition) is 5. The molecule has 0 unspecified atom stereocenters. The highest BCUT2D eigenvalue weighted by Gasteiger charge is 2.06. The maximum atomic E-state index is 9.05. The first-order valence-electron chi connectivity index (χ1n) is 6.78. The van der Waals surface area contributed by atoms with Crippen LogP contribution in [0.1, 0.15) is 17.0 Å². The van der Waals surface area contributed by atoms with Gasteiger partial charge in [0.2, 0.25) is 11.7 Å². The minimum absolute atomic E-state index is 0.352. The van der Waals surface area contributed by atoms with E-state index in [1.807, 2.05) is 42.5 Å². The lowest BCUT2D eigenvalue weighted by Gasteiger charge is -2.07. The van der Waals surface area contributed by atoms with Crippen LogP contribution in [0.3, 0.4) is 0 Å². The van der Waals surface area contributed by atoms with Crippen molar-refractivity contribution >= 4 is 0 Å². The molecule has 1 heterocycles. The van der Waals surface area contributed by atoms with Crippen LogP contribution in [0.4, 0.5) is 0 Å². The largest absolute Gasteiger partial charge is 0.489 e. The van der Waals surface area contributed by atoms with Crippen LogP contribution in [-0.4, -0.2) is 10.1 Å². The van der Waals surface area contributed by atoms with E-state index >= 15 is 0 Å². The smallest absolute Gasteiger partial charge is 0.223 e. The molecule has 0 aliphatic rings. The summed E-state index contributed by atoms with van der Waals surface area (Å²) in [4.78, 5) is 4.17. The number of rotatable bonds is 4. The number of aryl methyl sites for hydroxylation is 1. The summed E-state index contributed by atoms with van der Waals surface area (Å²) in [6.07, 6.45) is 0. The molecule has 0 atom stereocenters. The number of nitrogens with zero attached hydrogens (tertiary/aromatic N) is 3. The predicted octanol–water partition coefficient (Wildman–Crippen LogP) is 3.50. The Morgan fingerprint density at radius 1 is 1.14 bits per heavy atom. The molecule has 5 nitrogen and oxygen atoms in total. The third-order valence-electron chi connectivity index (χ3n) is 3.17. The molecule has 108 valence electrons. The summed E-state index contributed by atoms with van der Waals surface area (Å²) in [5.41, 5.74) is 2.35. The van der Waals surface area contributed by atoms with Gasteiger partial charge >= 0.3 is 0 Å². The lowest BCUT2D eigenvalue weighted by atomic mass is 10.1. The third-order valence-corrected chi connectivity index (χ3v) is 3.17. The summed E-state index contributed by atoms with van der Waals surface area (Å²) in [5, 5.41) is 12.9. The van der Waals surface area contributed by atoms with E-state index in [9.17, 15) is 0 Å². The van der Waals surface area contributed by atoms with Gasteiger partial charge in [0.05, 0.1) is 11.6 Å². The summed E-state index contributed by atoms with van der Waals surface area (Å²) in [7, 11) is 0. The number of benzene rings is 2. The summed E-state index contributed by atoms with van der Waals surface area (Å²) >= 11 is 0. The highest BCUT2D eigenvalue weighted by molar-refractivity contribution is 5.55. The van der Waals surface area contributed by atoms with E-state index in [0.717, 1.165) is 16.9 Å². The first-order chi connectivity index (χ1) is 10.8. The third kappa shape index (κ3) is 2.96. The van der Waals surface area contributed by atoms with Crippen molar-refractivity contribution in [3.8, 4) is 23.2 Å². The fourth-order valence-electron chi connectivity index (χ4n) is 2.03. The fraction of sp³-hybridized carbons (Fsp3) is 0.118. The molecule has 0 aliphatic heterocycles. The molecular weight excluding hydrogens is 278 g/mol. The molecule has 2 aromatic carbocycles. The van der Waals surface area contributed by atoms with Crippen LogP contribution in [0.25, 0.3) is 11.4 Å². The first-order valence-corrected chi connectivity index (χ1v) is 6.78. The van der Waals surface area contributed by atoms with Crippen molar-refractivity contribution in [2.24, 2.45) is 0 Å².